The molecule has 1 unspecified atom stereocenters. The minimum Gasteiger partial charge on any atom is -0.306 e. The van der Waals surface area contributed by atoms with Crippen molar-refractivity contribution >= 4 is 0 Å². The maximum atomic E-state index is 10.8. The molecular formula is C11H17N3O. The Balaban J connectivity index is 1.96. The molecule has 1 aromatic heterocycles. The molecule has 2 heterocycles. The summed E-state index contributed by atoms with van der Waals surface area (Å²) in [6.07, 6.45) is 3.51. The van der Waals surface area contributed by atoms with Gasteiger partial charge in [0.15, 0.2) is 0 Å². The summed E-state index contributed by atoms with van der Waals surface area (Å²) in [5.74, 6) is 0.683. The lowest BCUT2D eigenvalue weighted by Crippen LogP contribution is -2.33. The van der Waals surface area contributed by atoms with Crippen LogP contribution in [0.2, 0.25) is 0 Å². The fourth-order valence-corrected chi connectivity index (χ4v) is 2.22. The van der Waals surface area contributed by atoms with Crippen molar-refractivity contribution in [2.45, 2.75) is 19.3 Å². The van der Waals surface area contributed by atoms with E-state index in [2.05, 4.69) is 22.1 Å². The van der Waals surface area contributed by atoms with E-state index in [1.54, 1.807) is 6.07 Å². The molecule has 1 aliphatic heterocycles. The van der Waals surface area contributed by atoms with Crippen LogP contribution in [0.5, 0.6) is 0 Å². The number of nitrogens with zero attached hydrogens (tertiary/aromatic N) is 2. The van der Waals surface area contributed by atoms with Gasteiger partial charge < -0.3 is 4.90 Å². The summed E-state index contributed by atoms with van der Waals surface area (Å²) in [7, 11) is 2.16. The summed E-state index contributed by atoms with van der Waals surface area (Å²) in [5.41, 5.74) is 0.870. The largest absolute Gasteiger partial charge is 0.306 e. The Morgan fingerprint density at radius 3 is 3.13 bits per heavy atom. The number of hydrogen-bond acceptors (Lipinski definition) is 3. The van der Waals surface area contributed by atoms with Gasteiger partial charge in [0.05, 0.1) is 5.69 Å². The Morgan fingerprint density at radius 1 is 1.60 bits per heavy atom. The monoisotopic (exact) mass is 207 g/mol. The molecule has 82 valence electrons. The van der Waals surface area contributed by atoms with E-state index in [9.17, 15) is 4.79 Å². The first-order valence-electron chi connectivity index (χ1n) is 5.47. The minimum atomic E-state index is -0.125. The number of nitrogens with one attached hydrogen (secondary N) is 1. The molecule has 0 bridgehead atoms. The molecular weight excluding hydrogens is 190 g/mol. The van der Waals surface area contributed by atoms with Crippen LogP contribution in [0.4, 0.5) is 0 Å². The summed E-state index contributed by atoms with van der Waals surface area (Å²) >= 11 is 0. The Hall–Kier alpha value is -1.16. The van der Waals surface area contributed by atoms with E-state index in [1.807, 2.05) is 6.07 Å². The van der Waals surface area contributed by atoms with Crippen LogP contribution in [-0.2, 0) is 6.42 Å². The topological polar surface area (TPSA) is 49.0 Å². The highest BCUT2D eigenvalue weighted by Gasteiger charge is 2.17. The lowest BCUT2D eigenvalue weighted by Gasteiger charge is -2.29. The third-order valence-corrected chi connectivity index (χ3v) is 2.96. The number of hydrogen-bond donors (Lipinski definition) is 1. The van der Waals surface area contributed by atoms with Gasteiger partial charge in [0.1, 0.15) is 0 Å². The normalized spacial score (nSPS) is 22.9. The number of aromatic nitrogens is 2. The van der Waals surface area contributed by atoms with Crippen molar-refractivity contribution in [3.63, 3.8) is 0 Å². The van der Waals surface area contributed by atoms with Crippen molar-refractivity contribution in [1.82, 2.24) is 15.1 Å². The molecule has 1 fully saturated rings. The molecule has 0 aromatic carbocycles. The molecule has 4 heteroatoms. The Morgan fingerprint density at radius 2 is 2.47 bits per heavy atom. The van der Waals surface area contributed by atoms with E-state index in [0.29, 0.717) is 5.92 Å². The maximum absolute atomic E-state index is 10.8. The van der Waals surface area contributed by atoms with Gasteiger partial charge in [0.25, 0.3) is 5.56 Å². The third kappa shape index (κ3) is 2.89. The highest BCUT2D eigenvalue weighted by atomic mass is 16.1. The number of H-pyrrole nitrogens is 1. The molecule has 0 radical (unpaired) electrons. The van der Waals surface area contributed by atoms with Crippen molar-refractivity contribution in [1.29, 1.82) is 0 Å². The highest BCUT2D eigenvalue weighted by Crippen LogP contribution is 2.18. The van der Waals surface area contributed by atoms with Crippen molar-refractivity contribution in [3.05, 3.63) is 28.2 Å². The molecule has 0 saturated carbocycles. The Labute approximate surface area is 89.3 Å². The van der Waals surface area contributed by atoms with Crippen LogP contribution in [0.15, 0.2) is 16.9 Å². The fraction of sp³-hybridized carbons (Fsp3) is 0.636. The van der Waals surface area contributed by atoms with Crippen LogP contribution in [0.1, 0.15) is 18.5 Å². The van der Waals surface area contributed by atoms with Gasteiger partial charge in [-0.25, -0.2) is 5.10 Å². The molecule has 1 saturated heterocycles. The van der Waals surface area contributed by atoms with Gasteiger partial charge in [-0.1, -0.05) is 0 Å². The average molecular weight is 207 g/mol. The van der Waals surface area contributed by atoms with Gasteiger partial charge in [-0.05, 0) is 44.8 Å². The highest BCUT2D eigenvalue weighted by molar-refractivity contribution is 5.01. The second-order valence-electron chi connectivity index (χ2n) is 4.39. The first-order valence-corrected chi connectivity index (χ1v) is 5.47. The number of aromatic amines is 1. The predicted octanol–water partition coefficient (Wildman–Crippen LogP) is 0.654. The molecule has 1 aliphatic rings. The van der Waals surface area contributed by atoms with E-state index in [4.69, 9.17) is 0 Å². The second kappa shape index (κ2) is 4.57. The number of piperidine rings is 1. The van der Waals surface area contributed by atoms with Crippen LogP contribution in [-0.4, -0.2) is 35.2 Å². The van der Waals surface area contributed by atoms with Crippen molar-refractivity contribution in [2.75, 3.05) is 20.1 Å². The number of likely N-dealkylation sites (tertiary alicyclic amines) is 1. The minimum absolute atomic E-state index is 0.125. The van der Waals surface area contributed by atoms with Crippen LogP contribution in [0.3, 0.4) is 0 Å². The smallest absolute Gasteiger partial charge is 0.264 e. The average Bonchev–Trinajstić information content (AvgIpc) is 2.22. The molecule has 1 atom stereocenters. The van der Waals surface area contributed by atoms with Crippen LogP contribution >= 0.6 is 0 Å². The van der Waals surface area contributed by atoms with Crippen molar-refractivity contribution in [2.24, 2.45) is 5.92 Å². The predicted molar refractivity (Wildman–Crippen MR) is 58.8 cm³/mol. The standard InChI is InChI=1S/C11H17N3O/c1-14-6-2-3-9(8-14)7-10-4-5-11(15)13-12-10/h4-5,9H,2-3,6-8H2,1H3,(H,13,15). The molecule has 0 spiro atoms. The molecule has 1 N–H and O–H groups in total. The van der Waals surface area contributed by atoms with Crippen molar-refractivity contribution < 1.29 is 0 Å². The molecule has 15 heavy (non-hydrogen) atoms. The molecule has 0 amide bonds. The van der Waals surface area contributed by atoms with E-state index >= 15 is 0 Å². The van der Waals surface area contributed by atoms with E-state index in [0.717, 1.165) is 18.7 Å². The summed E-state index contributed by atoms with van der Waals surface area (Å²) in [6, 6.07) is 3.38. The summed E-state index contributed by atoms with van der Waals surface area (Å²) in [6.45, 7) is 2.34. The third-order valence-electron chi connectivity index (χ3n) is 2.96. The summed E-state index contributed by atoms with van der Waals surface area (Å²) in [4.78, 5) is 13.2. The zero-order chi connectivity index (χ0) is 10.7. The molecule has 1 aromatic rings. The SMILES string of the molecule is CN1CCCC(Cc2ccc(=O)[nH]n2)C1. The van der Waals surface area contributed by atoms with Gasteiger partial charge >= 0.3 is 0 Å². The van der Waals surface area contributed by atoms with E-state index in [-0.39, 0.29) is 5.56 Å². The second-order valence-corrected chi connectivity index (χ2v) is 4.39. The summed E-state index contributed by atoms with van der Waals surface area (Å²) < 4.78 is 0. The molecule has 0 aliphatic carbocycles. The molecule has 2 rings (SSSR count). The lowest BCUT2D eigenvalue weighted by atomic mass is 9.94. The first-order chi connectivity index (χ1) is 7.24. The Bertz CT molecular complexity index is 354. The Kier molecular flexibility index (Phi) is 3.16. The van der Waals surface area contributed by atoms with Gasteiger partial charge in [-0.15, -0.1) is 0 Å². The zero-order valence-electron chi connectivity index (χ0n) is 9.07. The van der Waals surface area contributed by atoms with Gasteiger partial charge in [0.2, 0.25) is 0 Å². The quantitative estimate of drug-likeness (QED) is 0.774. The van der Waals surface area contributed by atoms with Gasteiger partial charge in [0, 0.05) is 12.6 Å². The van der Waals surface area contributed by atoms with E-state index in [1.165, 1.54) is 19.4 Å². The number of rotatable bonds is 2. The lowest BCUT2D eigenvalue weighted by molar-refractivity contribution is 0.208. The van der Waals surface area contributed by atoms with Gasteiger partial charge in [-0.2, -0.15) is 5.10 Å². The van der Waals surface area contributed by atoms with Crippen molar-refractivity contribution in [3.8, 4) is 0 Å². The maximum Gasteiger partial charge on any atom is 0.264 e. The van der Waals surface area contributed by atoms with Crippen LogP contribution < -0.4 is 5.56 Å². The van der Waals surface area contributed by atoms with E-state index < -0.39 is 0 Å². The fourth-order valence-electron chi connectivity index (χ4n) is 2.22. The van der Waals surface area contributed by atoms with Gasteiger partial charge in [-0.3, -0.25) is 4.79 Å². The zero-order valence-corrected chi connectivity index (χ0v) is 9.07. The molecule has 4 nitrogen and oxygen atoms in total. The van der Waals surface area contributed by atoms with Crippen LogP contribution in [0.25, 0.3) is 0 Å². The van der Waals surface area contributed by atoms with Crippen LogP contribution in [0, 0.1) is 5.92 Å². The first kappa shape index (κ1) is 10.4. The summed E-state index contributed by atoms with van der Waals surface area (Å²) in [5, 5.41) is 6.52.